The van der Waals surface area contributed by atoms with Crippen molar-refractivity contribution in [2.45, 2.75) is 57.1 Å². The number of benzene rings is 2. The summed E-state index contributed by atoms with van der Waals surface area (Å²) in [6.07, 6.45) is -6.07. The third-order valence-corrected chi connectivity index (χ3v) is 6.01. The summed E-state index contributed by atoms with van der Waals surface area (Å²) in [6.45, 7) is 2.94. The third-order valence-electron chi connectivity index (χ3n) is 6.01. The van der Waals surface area contributed by atoms with Crippen molar-refractivity contribution in [1.29, 1.82) is 0 Å². The highest BCUT2D eigenvalue weighted by atomic mass is 16.7. The number of hydrogen-bond donors (Lipinski definition) is 5. The zero-order valence-corrected chi connectivity index (χ0v) is 22.0. The molecule has 39 heavy (non-hydrogen) atoms. The van der Waals surface area contributed by atoms with Gasteiger partial charge in [-0.3, -0.25) is 4.79 Å². The van der Waals surface area contributed by atoms with E-state index in [2.05, 4.69) is 5.32 Å². The van der Waals surface area contributed by atoms with Gasteiger partial charge in [0, 0.05) is 32.0 Å². The van der Waals surface area contributed by atoms with Crippen molar-refractivity contribution in [2.75, 3.05) is 20.2 Å². The topological polar surface area (TPSA) is 164 Å². The molecule has 1 saturated heterocycles. The van der Waals surface area contributed by atoms with Crippen molar-refractivity contribution >= 4 is 18.0 Å². The van der Waals surface area contributed by atoms with Crippen LogP contribution in [0.2, 0.25) is 0 Å². The number of nitrogens with one attached hydrogen (secondary N) is 1. The summed E-state index contributed by atoms with van der Waals surface area (Å²) in [6, 6.07) is 13.7. The van der Waals surface area contributed by atoms with Gasteiger partial charge in [0.1, 0.15) is 12.2 Å². The molecule has 0 spiro atoms. The predicted molar refractivity (Wildman–Crippen MR) is 140 cm³/mol. The Morgan fingerprint density at radius 3 is 2.46 bits per heavy atom. The van der Waals surface area contributed by atoms with E-state index in [0.717, 1.165) is 12.5 Å². The summed E-state index contributed by atoms with van der Waals surface area (Å²) in [5.74, 6) is -1.45. The molecule has 11 nitrogen and oxygen atoms in total. The van der Waals surface area contributed by atoms with Gasteiger partial charge in [0.15, 0.2) is 30.0 Å². The molecule has 1 fully saturated rings. The van der Waals surface area contributed by atoms with Crippen LogP contribution < -0.4 is 10.1 Å². The first-order valence-corrected chi connectivity index (χ1v) is 12.5. The maximum absolute atomic E-state index is 13.5. The Hall–Kier alpha value is -3.48. The van der Waals surface area contributed by atoms with Gasteiger partial charge in [-0.15, -0.1) is 0 Å². The molecule has 6 unspecified atom stereocenters. The zero-order chi connectivity index (χ0) is 28.5. The Bertz CT molecular complexity index is 1140. The van der Waals surface area contributed by atoms with Crippen LogP contribution in [0.5, 0.6) is 11.5 Å². The minimum absolute atomic E-state index is 0.0312. The molecule has 0 aliphatic carbocycles. The number of aliphatic hydroxyl groups is 3. The molecule has 0 aromatic heterocycles. The molecule has 2 aromatic rings. The van der Waals surface area contributed by atoms with Crippen LogP contribution in [0.3, 0.4) is 0 Å². The van der Waals surface area contributed by atoms with Crippen LogP contribution in [0.1, 0.15) is 25.0 Å². The molecule has 11 heteroatoms. The Morgan fingerprint density at radius 2 is 1.82 bits per heavy atom. The van der Waals surface area contributed by atoms with Crippen LogP contribution in [-0.2, 0) is 30.2 Å². The normalized spacial score (nSPS) is 24.1. The van der Waals surface area contributed by atoms with Gasteiger partial charge in [0.2, 0.25) is 0 Å². The van der Waals surface area contributed by atoms with Gasteiger partial charge in [0.05, 0.1) is 13.2 Å². The van der Waals surface area contributed by atoms with E-state index >= 15 is 0 Å². The monoisotopic (exact) mass is 545 g/mol. The lowest BCUT2D eigenvalue weighted by Gasteiger charge is -2.41. The Kier molecular flexibility index (Phi) is 10.8. The van der Waals surface area contributed by atoms with Gasteiger partial charge >= 0.3 is 11.9 Å². The van der Waals surface area contributed by atoms with Gasteiger partial charge in [-0.2, -0.15) is 0 Å². The lowest BCUT2D eigenvalue weighted by Crippen LogP contribution is -2.62. The molecule has 0 radical (unpaired) electrons. The number of rotatable bonds is 11. The van der Waals surface area contributed by atoms with E-state index in [4.69, 9.17) is 18.9 Å². The molecule has 6 atom stereocenters. The van der Waals surface area contributed by atoms with E-state index in [0.29, 0.717) is 5.56 Å². The molecule has 0 saturated carbocycles. The maximum Gasteiger partial charge on any atom is 0.334 e. The smallest absolute Gasteiger partial charge is 0.334 e. The van der Waals surface area contributed by atoms with Crippen molar-refractivity contribution in [3.05, 3.63) is 65.2 Å². The fourth-order valence-electron chi connectivity index (χ4n) is 4.14. The first-order valence-electron chi connectivity index (χ1n) is 12.5. The Labute approximate surface area is 226 Å². The number of methoxy groups -OCH3 is 1. The van der Waals surface area contributed by atoms with E-state index in [1.807, 2.05) is 30.3 Å². The average molecular weight is 546 g/mol. The summed E-state index contributed by atoms with van der Waals surface area (Å²) in [4.78, 5) is 25.3. The number of carbonyl (C=O) groups excluding carboxylic acids is 2. The van der Waals surface area contributed by atoms with Crippen LogP contribution in [-0.4, -0.2) is 89.4 Å². The molecule has 0 bridgehead atoms. The second-order valence-electron chi connectivity index (χ2n) is 9.27. The average Bonchev–Trinajstić information content (AvgIpc) is 2.89. The minimum Gasteiger partial charge on any atom is -0.504 e. The number of hydrogen-bond acceptors (Lipinski definition) is 11. The third kappa shape index (κ3) is 8.50. The lowest BCUT2D eigenvalue weighted by molar-refractivity contribution is -0.287. The summed E-state index contributed by atoms with van der Waals surface area (Å²) in [7, 11) is 1.40. The predicted octanol–water partition coefficient (Wildman–Crippen LogP) is 0.919. The molecule has 2 aromatic carbocycles. The van der Waals surface area contributed by atoms with Gasteiger partial charge in [-0.05, 0) is 36.3 Å². The highest BCUT2D eigenvalue weighted by Gasteiger charge is 2.49. The number of aliphatic hydroxyl groups excluding tert-OH is 3. The van der Waals surface area contributed by atoms with Gasteiger partial charge in [-0.1, -0.05) is 36.4 Å². The summed E-state index contributed by atoms with van der Waals surface area (Å²) in [5, 5.41) is 43.9. The Morgan fingerprint density at radius 1 is 1.10 bits per heavy atom. The van der Waals surface area contributed by atoms with E-state index in [9.17, 15) is 30.0 Å². The maximum atomic E-state index is 13.5. The molecular formula is C28H35NO10. The lowest BCUT2D eigenvalue weighted by atomic mass is 9.97. The van der Waals surface area contributed by atoms with E-state index < -0.39 is 48.7 Å². The number of carbonyl (C=O) groups is 2. The first kappa shape index (κ1) is 30.1. The van der Waals surface area contributed by atoms with Gasteiger partial charge in [-0.25, -0.2) is 4.79 Å². The fraction of sp³-hybridized carbons (Fsp3) is 0.429. The molecule has 5 N–H and O–H groups in total. The van der Waals surface area contributed by atoms with E-state index in [-0.39, 0.29) is 36.6 Å². The largest absolute Gasteiger partial charge is 0.504 e. The number of esters is 2. The SMILES string of the molecule is COc1cc(C=C(Cc2ccccc2)C(=O)OC2C(O)OC(CNCC(C)O)C(O)C2OC(C)=O)ccc1O. The van der Waals surface area contributed by atoms with Crippen LogP contribution >= 0.6 is 0 Å². The minimum atomic E-state index is -1.72. The highest BCUT2D eigenvalue weighted by molar-refractivity contribution is 5.94. The number of phenols is 1. The second kappa shape index (κ2) is 14.1. The molecule has 212 valence electrons. The van der Waals surface area contributed by atoms with Crippen LogP contribution in [0.4, 0.5) is 0 Å². The quantitative estimate of drug-likeness (QED) is 0.201. The molecule has 0 amide bonds. The van der Waals surface area contributed by atoms with Crippen LogP contribution in [0, 0.1) is 0 Å². The van der Waals surface area contributed by atoms with Crippen molar-refractivity contribution in [1.82, 2.24) is 5.32 Å². The molecule has 1 aliphatic heterocycles. The van der Waals surface area contributed by atoms with E-state index in [1.54, 1.807) is 25.1 Å². The Balaban J connectivity index is 1.88. The highest BCUT2D eigenvalue weighted by Crippen LogP contribution is 2.29. The van der Waals surface area contributed by atoms with Gasteiger partial charge in [0.25, 0.3) is 0 Å². The number of aromatic hydroxyl groups is 1. The number of ether oxygens (including phenoxy) is 4. The van der Waals surface area contributed by atoms with Crippen molar-refractivity contribution < 1.29 is 49.0 Å². The standard InChI is InChI=1S/C28H35NO10/c1-16(30)14-29-15-23-24(33)25(37-17(2)31)26(28(35)38-23)39-27(34)20(11-18-7-5-4-6-8-18)12-19-9-10-21(32)22(13-19)36-3/h4-10,12-13,16,23-26,28-30,32-33,35H,11,14-15H2,1-3H3. The van der Waals surface area contributed by atoms with Crippen molar-refractivity contribution in [2.24, 2.45) is 0 Å². The van der Waals surface area contributed by atoms with Crippen LogP contribution in [0.15, 0.2) is 54.1 Å². The molecule has 1 aliphatic rings. The molecular weight excluding hydrogens is 510 g/mol. The fourth-order valence-corrected chi connectivity index (χ4v) is 4.14. The number of phenolic OH excluding ortho intramolecular Hbond substituents is 1. The van der Waals surface area contributed by atoms with Crippen molar-refractivity contribution in [3.8, 4) is 11.5 Å². The summed E-state index contributed by atoms with van der Waals surface area (Å²) >= 11 is 0. The van der Waals surface area contributed by atoms with Gasteiger partial charge < -0.3 is 44.7 Å². The summed E-state index contributed by atoms with van der Waals surface area (Å²) in [5.41, 5.74) is 1.51. The summed E-state index contributed by atoms with van der Waals surface area (Å²) < 4.78 is 21.5. The van der Waals surface area contributed by atoms with Crippen LogP contribution in [0.25, 0.3) is 6.08 Å². The molecule has 1 heterocycles. The van der Waals surface area contributed by atoms with E-state index in [1.165, 1.54) is 13.2 Å². The van der Waals surface area contributed by atoms with Crippen molar-refractivity contribution in [3.63, 3.8) is 0 Å². The first-order chi connectivity index (χ1) is 18.6. The zero-order valence-electron chi connectivity index (χ0n) is 22.0. The second-order valence-corrected chi connectivity index (χ2v) is 9.27. The molecule has 3 rings (SSSR count).